The normalized spacial score (nSPS) is 16.1. The molecule has 1 saturated heterocycles. The van der Waals surface area contributed by atoms with Crippen molar-refractivity contribution in [2.45, 2.75) is 52.6 Å². The molecule has 0 saturated carbocycles. The number of esters is 1. The molecule has 1 aliphatic heterocycles. The lowest BCUT2D eigenvalue weighted by atomic mass is 9.96. The highest BCUT2D eigenvalue weighted by molar-refractivity contribution is 5.71. The summed E-state index contributed by atoms with van der Waals surface area (Å²) in [6.07, 6.45) is 1.52. The van der Waals surface area contributed by atoms with Crippen LogP contribution in [-0.2, 0) is 14.3 Å². The number of carbonyl (C=O) groups excluding carboxylic acids is 2. The number of hydrogen-bond donors (Lipinski definition) is 0. The number of ether oxygens (including phenoxy) is 2. The second-order valence-corrected chi connectivity index (χ2v) is 7.83. The highest BCUT2D eigenvalue weighted by atomic mass is 16.6. The minimum atomic E-state index is -0.505. The predicted molar refractivity (Wildman–Crippen MR) is 102 cm³/mol. The van der Waals surface area contributed by atoms with Crippen molar-refractivity contribution in [1.29, 1.82) is 0 Å². The Morgan fingerprint density at radius 3 is 2.37 bits per heavy atom. The van der Waals surface area contributed by atoms with Gasteiger partial charge < -0.3 is 19.3 Å². The van der Waals surface area contributed by atoms with Gasteiger partial charge in [-0.25, -0.2) is 14.8 Å². The first-order valence-electron chi connectivity index (χ1n) is 9.23. The molecule has 8 nitrogen and oxygen atoms in total. The number of carbonyl (C=O) groups is 2. The zero-order chi connectivity index (χ0) is 20.2. The third-order valence-corrected chi connectivity index (χ3v) is 4.49. The number of aryl methyl sites for hydroxylation is 1. The van der Waals surface area contributed by atoms with Crippen LogP contribution in [0.3, 0.4) is 0 Å². The average Bonchev–Trinajstić information content (AvgIpc) is 2.59. The van der Waals surface area contributed by atoms with Gasteiger partial charge in [0.1, 0.15) is 17.7 Å². The monoisotopic (exact) mass is 378 g/mol. The number of aromatic nitrogens is 2. The molecule has 0 spiro atoms. The molecular formula is C19H30N4O4. The van der Waals surface area contributed by atoms with Crippen LogP contribution in [0.25, 0.3) is 0 Å². The third kappa shape index (κ3) is 5.55. The van der Waals surface area contributed by atoms with Gasteiger partial charge in [0, 0.05) is 37.4 Å². The predicted octanol–water partition coefficient (Wildman–Crippen LogP) is 2.51. The number of anilines is 1. The first-order valence-corrected chi connectivity index (χ1v) is 9.23. The van der Waals surface area contributed by atoms with Crippen molar-refractivity contribution < 1.29 is 19.1 Å². The summed E-state index contributed by atoms with van der Waals surface area (Å²) in [5.41, 5.74) is 1.30. The van der Waals surface area contributed by atoms with Gasteiger partial charge in [-0.2, -0.15) is 0 Å². The fraction of sp³-hybridized carbons (Fsp3) is 0.684. The van der Waals surface area contributed by atoms with Gasteiger partial charge in [0.25, 0.3) is 0 Å². The Morgan fingerprint density at radius 1 is 1.19 bits per heavy atom. The van der Waals surface area contributed by atoms with E-state index in [9.17, 15) is 9.59 Å². The highest BCUT2D eigenvalue weighted by Crippen LogP contribution is 2.30. The Morgan fingerprint density at radius 2 is 1.81 bits per heavy atom. The van der Waals surface area contributed by atoms with E-state index in [4.69, 9.17) is 9.47 Å². The molecule has 2 heterocycles. The highest BCUT2D eigenvalue weighted by Gasteiger charge is 2.29. The molecule has 0 radical (unpaired) electrons. The summed E-state index contributed by atoms with van der Waals surface area (Å²) < 4.78 is 10.2. The van der Waals surface area contributed by atoms with Crippen molar-refractivity contribution in [3.8, 4) is 0 Å². The van der Waals surface area contributed by atoms with Crippen molar-refractivity contribution in [2.24, 2.45) is 0 Å². The van der Waals surface area contributed by atoms with E-state index in [-0.39, 0.29) is 24.4 Å². The first kappa shape index (κ1) is 20.9. The molecule has 8 heteroatoms. The third-order valence-electron chi connectivity index (χ3n) is 4.49. The van der Waals surface area contributed by atoms with Crippen molar-refractivity contribution in [3.05, 3.63) is 17.6 Å². The topological polar surface area (TPSA) is 84.9 Å². The number of rotatable bonds is 4. The Labute approximate surface area is 160 Å². The van der Waals surface area contributed by atoms with Crippen LogP contribution in [0.15, 0.2) is 6.33 Å². The molecule has 150 valence electrons. The molecular weight excluding hydrogens is 348 g/mol. The molecule has 0 aromatic carbocycles. The van der Waals surface area contributed by atoms with E-state index >= 15 is 0 Å². The smallest absolute Gasteiger partial charge is 0.410 e. The largest absolute Gasteiger partial charge is 0.469 e. The SMILES string of the molecule is COC(=O)C[C@@H](C)c1c(C)ncnc1N1CCN(C(=O)OC(C)(C)C)CC1. The second kappa shape index (κ2) is 8.54. The van der Waals surface area contributed by atoms with E-state index < -0.39 is 5.60 Å². The number of piperazine rings is 1. The molecule has 1 aromatic heterocycles. The van der Waals surface area contributed by atoms with Crippen molar-refractivity contribution in [2.75, 3.05) is 38.2 Å². The Hall–Kier alpha value is -2.38. The average molecular weight is 378 g/mol. The minimum Gasteiger partial charge on any atom is -0.469 e. The summed E-state index contributed by atoms with van der Waals surface area (Å²) in [5, 5.41) is 0. The fourth-order valence-corrected chi connectivity index (χ4v) is 3.16. The Balaban J connectivity index is 2.11. The van der Waals surface area contributed by atoms with Crippen LogP contribution in [-0.4, -0.2) is 65.8 Å². The van der Waals surface area contributed by atoms with Gasteiger partial charge in [-0.3, -0.25) is 4.79 Å². The van der Waals surface area contributed by atoms with Gasteiger partial charge in [-0.1, -0.05) is 6.92 Å². The zero-order valence-corrected chi connectivity index (χ0v) is 17.1. The van der Waals surface area contributed by atoms with Crippen LogP contribution in [0, 0.1) is 6.92 Å². The maximum absolute atomic E-state index is 12.2. The van der Waals surface area contributed by atoms with Crippen molar-refractivity contribution >= 4 is 17.9 Å². The van der Waals surface area contributed by atoms with Gasteiger partial charge in [0.05, 0.1) is 13.5 Å². The van der Waals surface area contributed by atoms with Gasteiger partial charge in [-0.05, 0) is 33.6 Å². The van der Waals surface area contributed by atoms with E-state index in [2.05, 4.69) is 14.9 Å². The van der Waals surface area contributed by atoms with Crippen LogP contribution in [0.2, 0.25) is 0 Å². The summed E-state index contributed by atoms with van der Waals surface area (Å²) in [4.78, 5) is 36.6. The molecule has 27 heavy (non-hydrogen) atoms. The molecule has 1 fully saturated rings. The molecule has 1 atom stereocenters. The summed E-state index contributed by atoms with van der Waals surface area (Å²) in [6, 6.07) is 0. The Kier molecular flexibility index (Phi) is 6.62. The fourth-order valence-electron chi connectivity index (χ4n) is 3.16. The first-order chi connectivity index (χ1) is 12.6. The molecule has 0 N–H and O–H groups in total. The van der Waals surface area contributed by atoms with Gasteiger partial charge in [0.15, 0.2) is 0 Å². The molecule has 1 amide bonds. The second-order valence-electron chi connectivity index (χ2n) is 7.83. The number of nitrogens with zero attached hydrogens (tertiary/aromatic N) is 4. The zero-order valence-electron chi connectivity index (χ0n) is 17.1. The molecule has 2 rings (SSSR count). The van der Waals surface area contributed by atoms with Crippen LogP contribution in [0.1, 0.15) is 51.3 Å². The lowest BCUT2D eigenvalue weighted by molar-refractivity contribution is -0.140. The Bertz CT molecular complexity index is 679. The molecule has 1 aromatic rings. The summed E-state index contributed by atoms with van der Waals surface area (Å²) >= 11 is 0. The van der Waals surface area contributed by atoms with Crippen LogP contribution >= 0.6 is 0 Å². The molecule has 1 aliphatic rings. The number of amides is 1. The van der Waals surface area contributed by atoms with Crippen LogP contribution in [0.5, 0.6) is 0 Å². The van der Waals surface area contributed by atoms with E-state index in [0.717, 1.165) is 17.1 Å². The van der Waals surface area contributed by atoms with Gasteiger partial charge in [0.2, 0.25) is 0 Å². The maximum Gasteiger partial charge on any atom is 0.410 e. The summed E-state index contributed by atoms with van der Waals surface area (Å²) in [6.45, 7) is 11.9. The molecule has 0 aliphatic carbocycles. The maximum atomic E-state index is 12.2. The standard InChI is InChI=1S/C19H30N4O4/c1-13(11-15(24)26-6)16-14(2)20-12-21-17(16)22-7-9-23(10-8-22)18(25)27-19(3,4)5/h12-13H,7-11H2,1-6H3/t13-/m1/s1. The number of methoxy groups -OCH3 is 1. The van der Waals surface area contributed by atoms with Crippen LogP contribution in [0.4, 0.5) is 10.6 Å². The molecule has 0 bridgehead atoms. The van der Waals surface area contributed by atoms with E-state index in [1.165, 1.54) is 7.11 Å². The lowest BCUT2D eigenvalue weighted by Gasteiger charge is -2.37. The summed E-state index contributed by atoms with van der Waals surface area (Å²) in [7, 11) is 1.39. The van der Waals surface area contributed by atoms with Crippen LogP contribution < -0.4 is 4.90 Å². The quantitative estimate of drug-likeness (QED) is 0.744. The lowest BCUT2D eigenvalue weighted by Crippen LogP contribution is -2.50. The number of hydrogen-bond acceptors (Lipinski definition) is 7. The minimum absolute atomic E-state index is 0.0578. The van der Waals surface area contributed by atoms with Gasteiger partial charge >= 0.3 is 12.1 Å². The van der Waals surface area contributed by atoms with E-state index in [0.29, 0.717) is 26.2 Å². The van der Waals surface area contributed by atoms with Crippen molar-refractivity contribution in [3.63, 3.8) is 0 Å². The van der Waals surface area contributed by atoms with Crippen molar-refractivity contribution in [1.82, 2.24) is 14.9 Å². The summed E-state index contributed by atoms with van der Waals surface area (Å²) in [5.74, 6) is 0.506. The van der Waals surface area contributed by atoms with E-state index in [1.54, 1.807) is 11.2 Å². The van der Waals surface area contributed by atoms with Gasteiger partial charge in [-0.15, -0.1) is 0 Å². The molecule has 0 unspecified atom stereocenters. The van der Waals surface area contributed by atoms with E-state index in [1.807, 2.05) is 34.6 Å².